The van der Waals surface area contributed by atoms with Crippen molar-refractivity contribution in [2.24, 2.45) is 0 Å². The molecule has 35 heavy (non-hydrogen) atoms. The number of hydrogen-bond acceptors (Lipinski definition) is 6. The number of carbonyl (C=O) groups is 1. The average Bonchev–Trinajstić information content (AvgIpc) is 3.11. The third-order valence-electron chi connectivity index (χ3n) is 6.75. The van der Waals surface area contributed by atoms with Crippen LogP contribution in [0.2, 0.25) is 0 Å². The fraction of sp³-hybridized carbons (Fsp3) is 0.429. The third kappa shape index (κ3) is 6.26. The monoisotopic (exact) mass is 473 g/mol. The minimum atomic E-state index is -0.271. The average molecular weight is 474 g/mol. The van der Waals surface area contributed by atoms with Crippen LogP contribution in [0, 0.1) is 23.2 Å². The Morgan fingerprint density at radius 1 is 1.11 bits per heavy atom. The second-order valence-corrected chi connectivity index (χ2v) is 8.99. The molecule has 2 aliphatic heterocycles. The lowest BCUT2D eigenvalue weighted by Gasteiger charge is -2.40. The summed E-state index contributed by atoms with van der Waals surface area (Å²) in [5.74, 6) is 6.40. The highest BCUT2D eigenvalue weighted by atomic mass is 16.6. The van der Waals surface area contributed by atoms with Crippen molar-refractivity contribution < 1.29 is 19.4 Å². The summed E-state index contributed by atoms with van der Waals surface area (Å²) < 4.78 is 11.6. The van der Waals surface area contributed by atoms with Crippen LogP contribution >= 0.6 is 0 Å². The first-order valence-electron chi connectivity index (χ1n) is 12.1. The number of aromatic hydroxyl groups is 1. The summed E-state index contributed by atoms with van der Waals surface area (Å²) in [6, 6.07) is 17.1. The van der Waals surface area contributed by atoms with Crippen molar-refractivity contribution in [3.63, 3.8) is 0 Å². The number of hydrogen-bond donors (Lipinski definition) is 1. The van der Waals surface area contributed by atoms with E-state index in [0.717, 1.165) is 37.8 Å². The number of amides is 1. The zero-order valence-electron chi connectivity index (χ0n) is 20.0. The highest BCUT2D eigenvalue weighted by Gasteiger charge is 2.41. The number of fused-ring (bicyclic) bond motifs is 2. The lowest BCUT2D eigenvalue weighted by Crippen LogP contribution is -2.55. The summed E-state index contributed by atoms with van der Waals surface area (Å²) in [6.07, 6.45) is 3.49. The highest BCUT2D eigenvalue weighted by molar-refractivity contribution is 5.68. The van der Waals surface area contributed by atoms with Crippen LogP contribution in [0.3, 0.4) is 0 Å². The molecular formula is C28H31N3O4. The number of likely N-dealkylation sites (tertiary alicyclic amines) is 1. The molecule has 0 aliphatic carbocycles. The normalized spacial score (nSPS) is 19.8. The summed E-state index contributed by atoms with van der Waals surface area (Å²) in [4.78, 5) is 16.7. The maximum absolute atomic E-state index is 12.4. The fourth-order valence-corrected chi connectivity index (χ4v) is 4.98. The van der Waals surface area contributed by atoms with E-state index in [2.05, 4.69) is 22.8 Å². The molecule has 2 bridgehead atoms. The Labute approximate surface area is 206 Å². The van der Waals surface area contributed by atoms with Crippen molar-refractivity contribution >= 4 is 6.09 Å². The van der Waals surface area contributed by atoms with Crippen LogP contribution in [0.5, 0.6) is 11.5 Å². The van der Waals surface area contributed by atoms with E-state index < -0.39 is 0 Å². The highest BCUT2D eigenvalue weighted by Crippen LogP contribution is 2.32. The van der Waals surface area contributed by atoms with E-state index in [9.17, 15) is 9.90 Å². The molecule has 0 radical (unpaired) electrons. The van der Waals surface area contributed by atoms with Crippen molar-refractivity contribution in [2.75, 3.05) is 26.2 Å². The predicted molar refractivity (Wildman–Crippen MR) is 132 cm³/mol. The van der Waals surface area contributed by atoms with E-state index in [0.29, 0.717) is 36.5 Å². The number of phenols is 1. The van der Waals surface area contributed by atoms with Gasteiger partial charge in [-0.25, -0.2) is 4.79 Å². The zero-order chi connectivity index (χ0) is 24.6. The quantitative estimate of drug-likeness (QED) is 0.569. The van der Waals surface area contributed by atoms with Gasteiger partial charge in [0.15, 0.2) is 6.61 Å². The third-order valence-corrected chi connectivity index (χ3v) is 6.75. The van der Waals surface area contributed by atoms with Crippen LogP contribution in [-0.2, 0) is 4.74 Å². The number of ether oxygens (including phenoxy) is 2. The molecule has 182 valence electrons. The smallest absolute Gasteiger partial charge is 0.410 e. The predicted octanol–water partition coefficient (Wildman–Crippen LogP) is 4.47. The van der Waals surface area contributed by atoms with E-state index in [1.807, 2.05) is 29.2 Å². The standard InChI is InChI=1S/C28H31N3O4/c1-2-3-17-34-28(33)30-19-23-10-11-24(20-30)31(23)16-4-5-27(22-8-6-21(18-29)7-9-22)35-26-14-12-25(32)13-15-26/h6-9,12-15,23-24,27,32H,4-5,10-11,16-17,19-20H2,1H3. The number of piperazine rings is 1. The molecular weight excluding hydrogens is 442 g/mol. The first-order chi connectivity index (χ1) is 17.1. The number of carbonyl (C=O) groups excluding carboxylic acids is 1. The molecule has 0 spiro atoms. The molecule has 0 saturated carbocycles. The Morgan fingerprint density at radius 2 is 1.80 bits per heavy atom. The van der Waals surface area contributed by atoms with E-state index in [1.165, 1.54) is 0 Å². The van der Waals surface area contributed by atoms with Gasteiger partial charge in [0.05, 0.1) is 11.6 Å². The molecule has 2 aliphatic rings. The van der Waals surface area contributed by atoms with Gasteiger partial charge in [0, 0.05) is 25.2 Å². The number of phenolic OH excluding ortho intramolecular Hbond substituents is 1. The SMILES string of the molecule is CC#CCOC(=O)N1CC2CCC(C1)N2CCCC(Oc1ccc(O)cc1)c1ccc(C#N)cc1. The summed E-state index contributed by atoms with van der Waals surface area (Å²) in [5.41, 5.74) is 1.63. The summed E-state index contributed by atoms with van der Waals surface area (Å²) >= 11 is 0. The Morgan fingerprint density at radius 3 is 2.43 bits per heavy atom. The Kier molecular flexibility index (Phi) is 8.13. The molecule has 7 heteroatoms. The molecule has 3 unspecified atom stereocenters. The zero-order valence-corrected chi connectivity index (χ0v) is 20.0. The molecule has 2 saturated heterocycles. The Balaban J connectivity index is 1.35. The van der Waals surface area contributed by atoms with Crippen molar-refractivity contribution in [1.29, 1.82) is 5.26 Å². The number of nitrogens with zero attached hydrogens (tertiary/aromatic N) is 3. The van der Waals surface area contributed by atoms with Gasteiger partial charge in [0.25, 0.3) is 0 Å². The number of benzene rings is 2. The minimum absolute atomic E-state index is 0.142. The molecule has 1 N–H and O–H groups in total. The van der Waals surface area contributed by atoms with Crippen LogP contribution in [0.4, 0.5) is 4.79 Å². The van der Waals surface area contributed by atoms with E-state index in [-0.39, 0.29) is 24.6 Å². The molecule has 7 nitrogen and oxygen atoms in total. The summed E-state index contributed by atoms with van der Waals surface area (Å²) in [6.45, 7) is 4.19. The molecule has 2 aromatic rings. The van der Waals surface area contributed by atoms with Crippen LogP contribution in [-0.4, -0.2) is 59.3 Å². The van der Waals surface area contributed by atoms with Crippen molar-refractivity contribution in [3.05, 3.63) is 59.7 Å². The van der Waals surface area contributed by atoms with E-state index in [4.69, 9.17) is 14.7 Å². The first kappa shape index (κ1) is 24.4. The van der Waals surface area contributed by atoms with Gasteiger partial charge < -0.3 is 19.5 Å². The second kappa shape index (κ2) is 11.6. The van der Waals surface area contributed by atoms with Crippen LogP contribution in [0.1, 0.15) is 49.8 Å². The molecule has 3 atom stereocenters. The molecule has 2 fully saturated rings. The first-order valence-corrected chi connectivity index (χ1v) is 12.1. The van der Waals surface area contributed by atoms with Gasteiger partial charge in [0.2, 0.25) is 0 Å². The van der Waals surface area contributed by atoms with Gasteiger partial charge in [-0.15, -0.1) is 5.92 Å². The van der Waals surface area contributed by atoms with Crippen LogP contribution < -0.4 is 4.74 Å². The largest absolute Gasteiger partial charge is 0.508 e. The van der Waals surface area contributed by atoms with Gasteiger partial charge in [-0.1, -0.05) is 18.1 Å². The van der Waals surface area contributed by atoms with Crippen molar-refractivity contribution in [2.45, 2.75) is 50.8 Å². The van der Waals surface area contributed by atoms with Crippen LogP contribution in [0.25, 0.3) is 0 Å². The molecule has 0 aromatic heterocycles. The maximum Gasteiger partial charge on any atom is 0.410 e. The maximum atomic E-state index is 12.4. The Hall–Kier alpha value is -3.68. The molecule has 4 rings (SSSR count). The van der Waals surface area contributed by atoms with Crippen molar-refractivity contribution in [3.8, 4) is 29.4 Å². The summed E-state index contributed by atoms with van der Waals surface area (Å²) in [7, 11) is 0. The number of nitriles is 1. The van der Waals surface area contributed by atoms with Gasteiger partial charge in [-0.3, -0.25) is 4.90 Å². The lowest BCUT2D eigenvalue weighted by atomic mass is 10.0. The fourth-order valence-electron chi connectivity index (χ4n) is 4.98. The molecule has 2 heterocycles. The minimum Gasteiger partial charge on any atom is -0.508 e. The summed E-state index contributed by atoms with van der Waals surface area (Å²) in [5, 5.41) is 18.7. The number of rotatable bonds is 8. The molecule has 2 aromatic carbocycles. The lowest BCUT2D eigenvalue weighted by molar-refractivity contribution is 0.0480. The van der Waals surface area contributed by atoms with Gasteiger partial charge in [-0.2, -0.15) is 5.26 Å². The molecule has 1 amide bonds. The van der Waals surface area contributed by atoms with Gasteiger partial charge >= 0.3 is 6.09 Å². The second-order valence-electron chi connectivity index (χ2n) is 8.99. The van der Waals surface area contributed by atoms with Gasteiger partial charge in [-0.05, 0) is 81.1 Å². The van der Waals surface area contributed by atoms with E-state index in [1.54, 1.807) is 31.2 Å². The topological polar surface area (TPSA) is 86.0 Å². The van der Waals surface area contributed by atoms with E-state index >= 15 is 0 Å². The van der Waals surface area contributed by atoms with Crippen molar-refractivity contribution in [1.82, 2.24) is 9.80 Å². The van der Waals surface area contributed by atoms with Crippen LogP contribution in [0.15, 0.2) is 48.5 Å². The van der Waals surface area contributed by atoms with Gasteiger partial charge in [0.1, 0.15) is 17.6 Å². The Bertz CT molecular complexity index is 1080.